The molecule has 25 heavy (non-hydrogen) atoms. The Bertz CT molecular complexity index is 758. The quantitative estimate of drug-likeness (QED) is 0.825. The highest BCUT2D eigenvalue weighted by Gasteiger charge is 2.27. The molecule has 0 bridgehead atoms. The number of morpholine rings is 1. The van der Waals surface area contributed by atoms with Crippen molar-refractivity contribution in [1.82, 2.24) is 20.2 Å². The zero-order valence-electron chi connectivity index (χ0n) is 15.0. The average molecular weight is 345 g/mol. The number of carbonyl (C=O) groups is 1. The maximum atomic E-state index is 12.6. The number of rotatable bonds is 4. The first-order valence-electron chi connectivity index (χ1n) is 8.27. The van der Waals surface area contributed by atoms with E-state index in [1.807, 2.05) is 38.1 Å². The van der Waals surface area contributed by atoms with E-state index in [1.165, 1.54) is 0 Å². The number of aryl methyl sites for hydroxylation is 2. The molecule has 0 aliphatic carbocycles. The van der Waals surface area contributed by atoms with Gasteiger partial charge in [0.1, 0.15) is 17.5 Å². The van der Waals surface area contributed by atoms with Crippen LogP contribution in [0.15, 0.2) is 16.8 Å². The fourth-order valence-corrected chi connectivity index (χ4v) is 2.82. The van der Waals surface area contributed by atoms with Crippen molar-refractivity contribution >= 4 is 11.6 Å². The molecule has 1 aliphatic rings. The van der Waals surface area contributed by atoms with E-state index in [4.69, 9.17) is 4.74 Å². The van der Waals surface area contributed by atoms with Gasteiger partial charge in [-0.05, 0) is 26.0 Å². The zero-order chi connectivity index (χ0) is 18.0. The molecule has 8 nitrogen and oxygen atoms in total. The number of nitrogens with zero attached hydrogens (tertiary/aromatic N) is 5. The lowest BCUT2D eigenvalue weighted by Crippen LogP contribution is -2.43. The SMILES string of the molecule is Cc1cc(N(C)C)cc([C@H]2CN(C(=O)Cc3nonc3C)CCO2)n1. The molecule has 0 N–H and O–H groups in total. The molecule has 0 radical (unpaired) electrons. The number of hydrogen-bond acceptors (Lipinski definition) is 7. The van der Waals surface area contributed by atoms with Crippen LogP contribution in [0.5, 0.6) is 0 Å². The van der Waals surface area contributed by atoms with E-state index >= 15 is 0 Å². The van der Waals surface area contributed by atoms with E-state index in [-0.39, 0.29) is 18.4 Å². The maximum Gasteiger partial charge on any atom is 0.228 e. The molecule has 8 heteroatoms. The second-order valence-corrected chi connectivity index (χ2v) is 6.46. The summed E-state index contributed by atoms with van der Waals surface area (Å²) in [6, 6.07) is 4.03. The first-order valence-corrected chi connectivity index (χ1v) is 8.27. The summed E-state index contributed by atoms with van der Waals surface area (Å²) in [5.74, 6) is -0.00686. The van der Waals surface area contributed by atoms with Crippen molar-refractivity contribution in [1.29, 1.82) is 0 Å². The third-order valence-electron chi connectivity index (χ3n) is 4.29. The summed E-state index contributed by atoms with van der Waals surface area (Å²) in [6.45, 7) is 5.27. The van der Waals surface area contributed by atoms with Crippen LogP contribution in [0, 0.1) is 13.8 Å². The lowest BCUT2D eigenvalue weighted by molar-refractivity contribution is -0.138. The summed E-state index contributed by atoms with van der Waals surface area (Å²) in [5, 5.41) is 7.50. The van der Waals surface area contributed by atoms with Gasteiger partial charge < -0.3 is 14.5 Å². The zero-order valence-corrected chi connectivity index (χ0v) is 15.0. The van der Waals surface area contributed by atoms with E-state index in [0.717, 1.165) is 17.1 Å². The first-order chi connectivity index (χ1) is 11.9. The van der Waals surface area contributed by atoms with Gasteiger partial charge in [0.05, 0.1) is 25.3 Å². The van der Waals surface area contributed by atoms with Crippen LogP contribution in [0.3, 0.4) is 0 Å². The molecule has 2 aromatic rings. The minimum absolute atomic E-state index is 0.00686. The van der Waals surface area contributed by atoms with Gasteiger partial charge in [-0.2, -0.15) is 0 Å². The van der Waals surface area contributed by atoms with Gasteiger partial charge >= 0.3 is 0 Å². The predicted octanol–water partition coefficient (Wildman–Crippen LogP) is 1.29. The van der Waals surface area contributed by atoms with Crippen molar-refractivity contribution in [2.45, 2.75) is 26.4 Å². The van der Waals surface area contributed by atoms with Crippen LogP contribution in [-0.2, 0) is 16.0 Å². The fraction of sp³-hybridized carbons (Fsp3) is 0.529. The molecule has 2 aromatic heterocycles. The lowest BCUT2D eigenvalue weighted by Gasteiger charge is -2.33. The standard InChI is InChI=1S/C17H23N5O3/c1-11-7-13(21(3)4)8-15(18-11)16-10-22(5-6-24-16)17(23)9-14-12(2)19-25-20-14/h7-8,16H,5-6,9-10H2,1-4H3/t16-/m1/s1. The summed E-state index contributed by atoms with van der Waals surface area (Å²) >= 11 is 0. The largest absolute Gasteiger partial charge is 0.378 e. The lowest BCUT2D eigenvalue weighted by atomic mass is 10.1. The Morgan fingerprint density at radius 2 is 2.12 bits per heavy atom. The topological polar surface area (TPSA) is 84.6 Å². The summed E-state index contributed by atoms with van der Waals surface area (Å²) in [5.41, 5.74) is 4.07. The van der Waals surface area contributed by atoms with E-state index < -0.39 is 0 Å². The molecule has 0 spiro atoms. The third-order valence-corrected chi connectivity index (χ3v) is 4.29. The van der Waals surface area contributed by atoms with Crippen LogP contribution in [-0.4, -0.2) is 59.9 Å². The number of anilines is 1. The van der Waals surface area contributed by atoms with Crippen molar-refractivity contribution in [2.75, 3.05) is 38.7 Å². The van der Waals surface area contributed by atoms with Crippen molar-refractivity contribution in [3.8, 4) is 0 Å². The van der Waals surface area contributed by atoms with Crippen molar-refractivity contribution in [2.24, 2.45) is 0 Å². The monoisotopic (exact) mass is 345 g/mol. The predicted molar refractivity (Wildman–Crippen MR) is 91.3 cm³/mol. The Hall–Kier alpha value is -2.48. The van der Waals surface area contributed by atoms with Crippen molar-refractivity contribution in [3.05, 3.63) is 34.9 Å². The highest BCUT2D eigenvalue weighted by Crippen LogP contribution is 2.25. The minimum atomic E-state index is -0.229. The molecular formula is C17H23N5O3. The summed E-state index contributed by atoms with van der Waals surface area (Å²) in [4.78, 5) is 21.0. The van der Waals surface area contributed by atoms with Crippen LogP contribution in [0.2, 0.25) is 0 Å². The van der Waals surface area contributed by atoms with Gasteiger partial charge in [0.25, 0.3) is 0 Å². The molecule has 3 rings (SSSR count). The Morgan fingerprint density at radius 3 is 2.80 bits per heavy atom. The van der Waals surface area contributed by atoms with E-state index in [9.17, 15) is 4.79 Å². The van der Waals surface area contributed by atoms with Crippen LogP contribution in [0.25, 0.3) is 0 Å². The summed E-state index contributed by atoms with van der Waals surface area (Å²) < 4.78 is 10.5. The van der Waals surface area contributed by atoms with E-state index in [0.29, 0.717) is 31.1 Å². The van der Waals surface area contributed by atoms with Crippen LogP contribution < -0.4 is 4.90 Å². The number of hydrogen-bond donors (Lipinski definition) is 0. The second-order valence-electron chi connectivity index (χ2n) is 6.46. The molecule has 0 unspecified atom stereocenters. The summed E-state index contributed by atoms with van der Waals surface area (Å²) in [7, 11) is 3.98. The molecule has 0 saturated carbocycles. The minimum Gasteiger partial charge on any atom is -0.378 e. The van der Waals surface area contributed by atoms with Crippen LogP contribution in [0.4, 0.5) is 5.69 Å². The Kier molecular flexibility index (Phi) is 4.98. The molecule has 3 heterocycles. The van der Waals surface area contributed by atoms with Crippen molar-refractivity contribution in [3.63, 3.8) is 0 Å². The van der Waals surface area contributed by atoms with Crippen LogP contribution in [0.1, 0.15) is 28.9 Å². The molecule has 1 amide bonds. The molecule has 1 atom stereocenters. The normalized spacial score (nSPS) is 17.6. The first kappa shape index (κ1) is 17.3. The van der Waals surface area contributed by atoms with Crippen molar-refractivity contribution < 1.29 is 14.2 Å². The van der Waals surface area contributed by atoms with E-state index in [2.05, 4.69) is 19.9 Å². The van der Waals surface area contributed by atoms with Gasteiger partial charge in [-0.25, -0.2) is 4.63 Å². The number of amides is 1. The Labute approximate surface area is 146 Å². The average Bonchev–Trinajstić information content (AvgIpc) is 2.99. The van der Waals surface area contributed by atoms with E-state index in [1.54, 1.807) is 11.8 Å². The molecule has 0 aromatic carbocycles. The molecule has 134 valence electrons. The van der Waals surface area contributed by atoms with Gasteiger partial charge in [-0.15, -0.1) is 0 Å². The number of pyridine rings is 1. The number of carbonyl (C=O) groups excluding carboxylic acids is 1. The highest BCUT2D eigenvalue weighted by molar-refractivity contribution is 5.78. The van der Waals surface area contributed by atoms with Gasteiger partial charge in [-0.3, -0.25) is 9.78 Å². The van der Waals surface area contributed by atoms with Gasteiger partial charge in [0, 0.05) is 32.0 Å². The summed E-state index contributed by atoms with van der Waals surface area (Å²) in [6.07, 6.45) is -0.0421. The fourth-order valence-electron chi connectivity index (χ4n) is 2.82. The van der Waals surface area contributed by atoms with Gasteiger partial charge in [0.15, 0.2) is 0 Å². The molecule has 1 saturated heterocycles. The Balaban J connectivity index is 1.73. The van der Waals surface area contributed by atoms with Crippen LogP contribution >= 0.6 is 0 Å². The Morgan fingerprint density at radius 1 is 1.32 bits per heavy atom. The van der Waals surface area contributed by atoms with Gasteiger partial charge in [0.2, 0.25) is 5.91 Å². The molecule has 1 aliphatic heterocycles. The molecule has 1 fully saturated rings. The smallest absolute Gasteiger partial charge is 0.228 e. The third kappa shape index (κ3) is 3.96. The molecular weight excluding hydrogens is 322 g/mol. The number of ether oxygens (including phenoxy) is 1. The van der Waals surface area contributed by atoms with Gasteiger partial charge in [-0.1, -0.05) is 10.3 Å². The maximum absolute atomic E-state index is 12.6. The number of aromatic nitrogens is 3. The highest BCUT2D eigenvalue weighted by atomic mass is 16.6. The second kappa shape index (κ2) is 7.18.